The number of rotatable bonds is 9. The Hall–Kier alpha value is -2.71. The number of morpholine rings is 1. The van der Waals surface area contributed by atoms with Crippen LogP contribution in [0.3, 0.4) is 0 Å². The van der Waals surface area contributed by atoms with Crippen molar-refractivity contribution in [3.8, 4) is 11.3 Å². The summed E-state index contributed by atoms with van der Waals surface area (Å²) < 4.78 is 11.1. The molecule has 1 aromatic heterocycles. The van der Waals surface area contributed by atoms with Gasteiger partial charge in [0.2, 0.25) is 11.8 Å². The maximum atomic E-state index is 12.0. The summed E-state index contributed by atoms with van der Waals surface area (Å²) in [4.78, 5) is 30.5. The monoisotopic (exact) mass is 400 g/mol. The normalized spacial score (nSPS) is 14.5. The minimum absolute atomic E-state index is 0.0260. The summed E-state index contributed by atoms with van der Waals surface area (Å²) in [7, 11) is 0. The van der Waals surface area contributed by atoms with Gasteiger partial charge >= 0.3 is 0 Å². The molecule has 0 bridgehead atoms. The molecule has 0 radical (unpaired) electrons. The smallest absolute Gasteiger partial charge is 0.239 e. The number of nitrogens with one attached hydrogen (secondary N) is 2. The first kappa shape index (κ1) is 21.0. The second kappa shape index (κ2) is 10.7. The van der Waals surface area contributed by atoms with E-state index in [0.717, 1.165) is 49.9 Å². The highest BCUT2D eigenvalue weighted by atomic mass is 16.5. The Bertz CT molecular complexity index is 800. The number of hydrogen-bond donors (Lipinski definition) is 2. The molecule has 2 aromatic rings. The fraction of sp³-hybridized carbons (Fsp3) is 0.476. The molecule has 0 unspecified atom stereocenters. The van der Waals surface area contributed by atoms with E-state index in [1.54, 1.807) is 0 Å². The summed E-state index contributed by atoms with van der Waals surface area (Å²) in [5, 5.41) is 5.46. The minimum atomic E-state index is -0.203. The van der Waals surface area contributed by atoms with Crippen molar-refractivity contribution >= 4 is 11.8 Å². The van der Waals surface area contributed by atoms with Gasteiger partial charge in [-0.2, -0.15) is 0 Å². The summed E-state index contributed by atoms with van der Waals surface area (Å²) in [5.74, 6) is 0.850. The molecule has 8 nitrogen and oxygen atoms in total. The Morgan fingerprint density at radius 3 is 2.62 bits per heavy atom. The van der Waals surface area contributed by atoms with Crippen LogP contribution >= 0.6 is 0 Å². The third kappa shape index (κ3) is 6.69. The van der Waals surface area contributed by atoms with Crippen molar-refractivity contribution in [3.63, 3.8) is 0 Å². The number of hydrogen-bond acceptors (Lipinski definition) is 6. The van der Waals surface area contributed by atoms with Crippen LogP contribution in [0.25, 0.3) is 11.3 Å². The average Bonchev–Trinajstić information content (AvgIpc) is 3.13. The van der Waals surface area contributed by atoms with E-state index < -0.39 is 0 Å². The van der Waals surface area contributed by atoms with Crippen LogP contribution in [0.15, 0.2) is 34.7 Å². The first-order valence-corrected chi connectivity index (χ1v) is 9.97. The summed E-state index contributed by atoms with van der Waals surface area (Å²) in [6.07, 6.45) is 0.605. The molecule has 2 heterocycles. The van der Waals surface area contributed by atoms with Crippen molar-refractivity contribution in [1.29, 1.82) is 0 Å². The molecule has 8 heteroatoms. The van der Waals surface area contributed by atoms with Crippen LogP contribution in [0.4, 0.5) is 0 Å². The predicted molar refractivity (Wildman–Crippen MR) is 108 cm³/mol. The molecule has 1 aliphatic rings. The van der Waals surface area contributed by atoms with Crippen molar-refractivity contribution in [2.24, 2.45) is 0 Å². The number of nitrogens with zero attached hydrogens (tertiary/aromatic N) is 2. The summed E-state index contributed by atoms with van der Waals surface area (Å²) >= 11 is 0. The number of benzene rings is 1. The standard InChI is InChI=1S/C21H28N4O4/c1-16-21(17-5-3-2-4-6-17)29-20(24-16)8-7-18(26)23-15-19(27)22-9-10-25-11-13-28-14-12-25/h2-6H,7-15H2,1H3,(H,22,27)(H,23,26). The van der Waals surface area contributed by atoms with E-state index in [1.165, 1.54) is 0 Å². The van der Waals surface area contributed by atoms with Crippen molar-refractivity contribution in [1.82, 2.24) is 20.5 Å². The van der Waals surface area contributed by atoms with Crippen molar-refractivity contribution in [2.75, 3.05) is 45.9 Å². The van der Waals surface area contributed by atoms with Crippen LogP contribution in [0.1, 0.15) is 18.0 Å². The fourth-order valence-corrected chi connectivity index (χ4v) is 3.15. The van der Waals surface area contributed by atoms with Crippen LogP contribution in [-0.2, 0) is 20.7 Å². The van der Waals surface area contributed by atoms with E-state index in [-0.39, 0.29) is 24.8 Å². The van der Waals surface area contributed by atoms with Gasteiger partial charge in [0.15, 0.2) is 11.7 Å². The van der Waals surface area contributed by atoms with E-state index in [0.29, 0.717) is 18.9 Å². The van der Waals surface area contributed by atoms with Gasteiger partial charge in [-0.05, 0) is 6.92 Å². The first-order valence-electron chi connectivity index (χ1n) is 9.97. The third-order valence-electron chi connectivity index (χ3n) is 4.74. The molecule has 1 aliphatic heterocycles. The van der Waals surface area contributed by atoms with Gasteiger partial charge in [-0.3, -0.25) is 14.5 Å². The summed E-state index contributed by atoms with van der Waals surface area (Å²) in [6.45, 7) is 6.46. The zero-order valence-electron chi connectivity index (χ0n) is 16.8. The molecule has 1 saturated heterocycles. The lowest BCUT2D eigenvalue weighted by Crippen LogP contribution is -2.43. The van der Waals surface area contributed by atoms with Gasteiger partial charge in [0, 0.05) is 44.6 Å². The van der Waals surface area contributed by atoms with Crippen LogP contribution in [0.5, 0.6) is 0 Å². The van der Waals surface area contributed by atoms with Gasteiger partial charge < -0.3 is 19.8 Å². The van der Waals surface area contributed by atoms with Crippen molar-refractivity contribution in [3.05, 3.63) is 41.9 Å². The summed E-state index contributed by atoms with van der Waals surface area (Å²) in [5.41, 5.74) is 1.76. The lowest BCUT2D eigenvalue weighted by molar-refractivity contribution is -0.126. The van der Waals surface area contributed by atoms with Crippen LogP contribution in [0.2, 0.25) is 0 Å². The quantitative estimate of drug-likeness (QED) is 0.655. The van der Waals surface area contributed by atoms with Gasteiger partial charge in [0.1, 0.15) is 0 Å². The van der Waals surface area contributed by atoms with Gasteiger partial charge in [0.25, 0.3) is 0 Å². The number of carbonyl (C=O) groups excluding carboxylic acids is 2. The average molecular weight is 400 g/mol. The summed E-state index contributed by atoms with van der Waals surface area (Å²) in [6, 6.07) is 9.75. The zero-order chi connectivity index (χ0) is 20.5. The van der Waals surface area contributed by atoms with Gasteiger partial charge in [-0.15, -0.1) is 0 Å². The predicted octanol–water partition coefficient (Wildman–Crippen LogP) is 1.15. The van der Waals surface area contributed by atoms with E-state index in [9.17, 15) is 9.59 Å². The van der Waals surface area contributed by atoms with E-state index >= 15 is 0 Å². The van der Waals surface area contributed by atoms with Crippen molar-refractivity contribution < 1.29 is 18.7 Å². The molecule has 0 saturated carbocycles. The molecule has 2 N–H and O–H groups in total. The Morgan fingerprint density at radius 2 is 1.86 bits per heavy atom. The van der Waals surface area contributed by atoms with Crippen molar-refractivity contribution in [2.45, 2.75) is 19.8 Å². The van der Waals surface area contributed by atoms with Gasteiger partial charge in [-0.25, -0.2) is 4.98 Å². The second-order valence-corrected chi connectivity index (χ2v) is 6.97. The molecule has 3 rings (SSSR count). The number of ether oxygens (including phenoxy) is 1. The maximum absolute atomic E-state index is 12.0. The van der Waals surface area contributed by atoms with E-state index in [4.69, 9.17) is 9.15 Å². The highest BCUT2D eigenvalue weighted by Crippen LogP contribution is 2.24. The molecule has 0 spiro atoms. The number of carbonyl (C=O) groups is 2. The molecule has 2 amide bonds. The largest absolute Gasteiger partial charge is 0.440 e. The second-order valence-electron chi connectivity index (χ2n) is 6.97. The van der Waals surface area contributed by atoms with Crippen LogP contribution < -0.4 is 10.6 Å². The Labute approximate surface area is 170 Å². The molecule has 1 aromatic carbocycles. The lowest BCUT2D eigenvalue weighted by Gasteiger charge is -2.26. The van der Waals surface area contributed by atoms with E-state index in [2.05, 4.69) is 20.5 Å². The van der Waals surface area contributed by atoms with E-state index in [1.807, 2.05) is 37.3 Å². The Balaban J connectivity index is 1.34. The number of aryl methyl sites for hydroxylation is 2. The minimum Gasteiger partial charge on any atom is -0.440 e. The molecular weight excluding hydrogens is 372 g/mol. The van der Waals surface area contributed by atoms with Crippen LogP contribution in [-0.4, -0.2) is 67.6 Å². The maximum Gasteiger partial charge on any atom is 0.239 e. The molecule has 156 valence electrons. The first-order chi connectivity index (χ1) is 14.1. The molecule has 1 fully saturated rings. The van der Waals surface area contributed by atoms with Gasteiger partial charge in [-0.1, -0.05) is 30.3 Å². The highest BCUT2D eigenvalue weighted by molar-refractivity contribution is 5.84. The van der Waals surface area contributed by atoms with Gasteiger partial charge in [0.05, 0.1) is 25.5 Å². The Morgan fingerprint density at radius 1 is 1.10 bits per heavy atom. The highest BCUT2D eigenvalue weighted by Gasteiger charge is 2.14. The third-order valence-corrected chi connectivity index (χ3v) is 4.74. The fourth-order valence-electron chi connectivity index (χ4n) is 3.15. The molecule has 29 heavy (non-hydrogen) atoms. The molecular formula is C21H28N4O4. The SMILES string of the molecule is Cc1nc(CCC(=O)NCC(=O)NCCN2CCOCC2)oc1-c1ccccc1. The number of oxazole rings is 1. The molecule has 0 aliphatic carbocycles. The molecule has 0 atom stereocenters. The lowest BCUT2D eigenvalue weighted by atomic mass is 10.1. The topological polar surface area (TPSA) is 96.7 Å². The van der Waals surface area contributed by atoms with Crippen LogP contribution in [0, 0.1) is 6.92 Å². The zero-order valence-corrected chi connectivity index (χ0v) is 16.8. The number of aromatic nitrogens is 1. The Kier molecular flexibility index (Phi) is 7.77. The number of amides is 2.